The maximum absolute atomic E-state index is 9.15. The Bertz CT molecular complexity index is 417. The highest BCUT2D eigenvalue weighted by Gasteiger charge is 2.26. The molecular formula is C12H20N4. The van der Waals surface area contributed by atoms with Crippen molar-refractivity contribution >= 4 is 5.82 Å². The summed E-state index contributed by atoms with van der Waals surface area (Å²) in [6.45, 7) is 10.2. The predicted octanol–water partition coefficient (Wildman–Crippen LogP) is 2.61. The number of aromatic nitrogens is 2. The number of anilines is 1. The van der Waals surface area contributed by atoms with Gasteiger partial charge in [0.1, 0.15) is 17.5 Å². The SMILES string of the molecule is CC[C@H](C)n1nc(C(C)(C)C)c(C#N)c1N. The molecule has 0 unspecified atom stereocenters. The second kappa shape index (κ2) is 4.17. The standard InChI is InChI=1S/C12H20N4/c1-6-8(2)16-11(14)9(7-13)10(15-16)12(3,4)5/h8H,6,14H2,1-5H3/t8-/m0/s1. The van der Waals surface area contributed by atoms with E-state index in [0.717, 1.165) is 12.1 Å². The van der Waals surface area contributed by atoms with Crippen LogP contribution in [0.1, 0.15) is 58.3 Å². The van der Waals surface area contributed by atoms with Crippen LogP contribution in [0.3, 0.4) is 0 Å². The van der Waals surface area contributed by atoms with E-state index in [1.807, 2.05) is 20.8 Å². The van der Waals surface area contributed by atoms with Gasteiger partial charge in [0, 0.05) is 5.41 Å². The van der Waals surface area contributed by atoms with Crippen LogP contribution in [-0.2, 0) is 5.41 Å². The third-order valence-electron chi connectivity index (χ3n) is 2.78. The Labute approximate surface area is 97.1 Å². The summed E-state index contributed by atoms with van der Waals surface area (Å²) in [4.78, 5) is 0. The molecule has 4 heteroatoms. The molecular weight excluding hydrogens is 200 g/mol. The zero-order valence-electron chi connectivity index (χ0n) is 10.7. The monoisotopic (exact) mass is 220 g/mol. The lowest BCUT2D eigenvalue weighted by atomic mass is 9.90. The molecule has 0 fully saturated rings. The van der Waals surface area contributed by atoms with Crippen molar-refractivity contribution in [1.82, 2.24) is 9.78 Å². The Morgan fingerprint density at radius 1 is 1.50 bits per heavy atom. The first kappa shape index (κ1) is 12.6. The fraction of sp³-hybridized carbons (Fsp3) is 0.667. The molecule has 0 amide bonds. The van der Waals surface area contributed by atoms with Gasteiger partial charge in [-0.15, -0.1) is 0 Å². The highest BCUT2D eigenvalue weighted by molar-refractivity contribution is 5.54. The molecule has 0 spiro atoms. The van der Waals surface area contributed by atoms with Gasteiger partial charge in [-0.1, -0.05) is 27.7 Å². The number of hydrogen-bond acceptors (Lipinski definition) is 3. The Balaban J connectivity index is 3.39. The molecule has 0 aliphatic rings. The van der Waals surface area contributed by atoms with E-state index in [2.05, 4.69) is 25.0 Å². The van der Waals surface area contributed by atoms with Crippen LogP contribution in [0.2, 0.25) is 0 Å². The van der Waals surface area contributed by atoms with Crippen molar-refractivity contribution in [2.75, 3.05) is 5.73 Å². The maximum Gasteiger partial charge on any atom is 0.140 e. The number of rotatable bonds is 2. The molecule has 1 rings (SSSR count). The van der Waals surface area contributed by atoms with Crippen molar-refractivity contribution in [3.05, 3.63) is 11.3 Å². The van der Waals surface area contributed by atoms with E-state index in [4.69, 9.17) is 11.0 Å². The van der Waals surface area contributed by atoms with E-state index in [-0.39, 0.29) is 11.5 Å². The molecule has 4 nitrogen and oxygen atoms in total. The van der Waals surface area contributed by atoms with Crippen molar-refractivity contribution in [2.24, 2.45) is 0 Å². The third-order valence-corrected chi connectivity index (χ3v) is 2.78. The highest BCUT2D eigenvalue weighted by Crippen LogP contribution is 2.30. The smallest absolute Gasteiger partial charge is 0.140 e. The quantitative estimate of drug-likeness (QED) is 0.833. The summed E-state index contributed by atoms with van der Waals surface area (Å²) in [5, 5.41) is 13.6. The molecule has 16 heavy (non-hydrogen) atoms. The summed E-state index contributed by atoms with van der Waals surface area (Å²) in [6, 6.07) is 2.39. The summed E-state index contributed by atoms with van der Waals surface area (Å²) in [5.74, 6) is 0.488. The Morgan fingerprint density at radius 3 is 2.38 bits per heavy atom. The number of nitrogen functional groups attached to an aromatic ring is 1. The van der Waals surface area contributed by atoms with Crippen LogP contribution in [0, 0.1) is 11.3 Å². The Hall–Kier alpha value is -1.50. The number of hydrogen-bond donors (Lipinski definition) is 1. The molecule has 0 aliphatic carbocycles. The summed E-state index contributed by atoms with van der Waals surface area (Å²) in [5.41, 5.74) is 7.12. The van der Waals surface area contributed by atoms with Crippen LogP contribution in [0.25, 0.3) is 0 Å². The van der Waals surface area contributed by atoms with E-state index in [1.54, 1.807) is 4.68 Å². The lowest BCUT2D eigenvalue weighted by molar-refractivity contribution is 0.463. The van der Waals surface area contributed by atoms with E-state index in [1.165, 1.54) is 0 Å². The Morgan fingerprint density at radius 2 is 2.06 bits per heavy atom. The van der Waals surface area contributed by atoms with E-state index >= 15 is 0 Å². The second-order valence-electron chi connectivity index (χ2n) is 5.17. The minimum atomic E-state index is -0.155. The van der Waals surface area contributed by atoms with Gasteiger partial charge in [-0.05, 0) is 13.3 Å². The fourth-order valence-electron chi connectivity index (χ4n) is 1.59. The van der Waals surface area contributed by atoms with Crippen molar-refractivity contribution in [1.29, 1.82) is 5.26 Å². The topological polar surface area (TPSA) is 67.6 Å². The van der Waals surface area contributed by atoms with Gasteiger partial charge < -0.3 is 5.73 Å². The fourth-order valence-corrected chi connectivity index (χ4v) is 1.59. The summed E-state index contributed by atoms with van der Waals surface area (Å²) in [7, 11) is 0. The molecule has 1 heterocycles. The predicted molar refractivity (Wildman–Crippen MR) is 65.1 cm³/mol. The summed E-state index contributed by atoms with van der Waals surface area (Å²) < 4.78 is 1.76. The molecule has 88 valence electrons. The van der Waals surface area contributed by atoms with Gasteiger partial charge in [0.15, 0.2) is 0 Å². The van der Waals surface area contributed by atoms with Crippen LogP contribution < -0.4 is 5.73 Å². The Kier molecular flexibility index (Phi) is 3.27. The molecule has 0 radical (unpaired) electrons. The van der Waals surface area contributed by atoms with Gasteiger partial charge in [-0.3, -0.25) is 0 Å². The summed E-state index contributed by atoms with van der Waals surface area (Å²) >= 11 is 0. The van der Waals surface area contributed by atoms with Crippen molar-refractivity contribution in [2.45, 2.75) is 52.5 Å². The second-order valence-corrected chi connectivity index (χ2v) is 5.17. The van der Waals surface area contributed by atoms with E-state index < -0.39 is 0 Å². The molecule has 1 atom stereocenters. The molecule has 0 aliphatic heterocycles. The molecule has 1 aromatic rings. The molecule has 0 aromatic carbocycles. The molecule has 0 bridgehead atoms. The highest BCUT2D eigenvalue weighted by atomic mass is 15.3. The van der Waals surface area contributed by atoms with Crippen LogP contribution in [-0.4, -0.2) is 9.78 Å². The molecule has 0 saturated carbocycles. The van der Waals surface area contributed by atoms with Crippen LogP contribution in [0.4, 0.5) is 5.82 Å². The average molecular weight is 220 g/mol. The third kappa shape index (κ3) is 2.04. The zero-order chi connectivity index (χ0) is 12.5. The van der Waals surface area contributed by atoms with Gasteiger partial charge in [0.05, 0.1) is 11.7 Å². The van der Waals surface area contributed by atoms with Gasteiger partial charge in [0.25, 0.3) is 0 Å². The first-order valence-corrected chi connectivity index (χ1v) is 5.61. The van der Waals surface area contributed by atoms with Crippen molar-refractivity contribution in [3.8, 4) is 6.07 Å². The largest absolute Gasteiger partial charge is 0.383 e. The summed E-state index contributed by atoms with van der Waals surface area (Å²) in [6.07, 6.45) is 0.945. The van der Waals surface area contributed by atoms with Gasteiger partial charge >= 0.3 is 0 Å². The molecule has 2 N–H and O–H groups in total. The minimum absolute atomic E-state index is 0.155. The average Bonchev–Trinajstić information content (AvgIpc) is 2.53. The normalized spacial score (nSPS) is 13.5. The van der Waals surface area contributed by atoms with E-state index in [9.17, 15) is 0 Å². The van der Waals surface area contributed by atoms with Crippen LogP contribution >= 0.6 is 0 Å². The van der Waals surface area contributed by atoms with Crippen molar-refractivity contribution in [3.63, 3.8) is 0 Å². The lowest BCUT2D eigenvalue weighted by Gasteiger charge is -2.15. The zero-order valence-corrected chi connectivity index (χ0v) is 10.7. The minimum Gasteiger partial charge on any atom is -0.383 e. The van der Waals surface area contributed by atoms with Gasteiger partial charge in [-0.2, -0.15) is 10.4 Å². The molecule has 0 saturated heterocycles. The van der Waals surface area contributed by atoms with Gasteiger partial charge in [0.2, 0.25) is 0 Å². The number of nitrogens with two attached hydrogens (primary N) is 1. The maximum atomic E-state index is 9.15. The number of nitriles is 1. The van der Waals surface area contributed by atoms with E-state index in [0.29, 0.717) is 11.4 Å². The molecule has 1 aromatic heterocycles. The first-order chi connectivity index (χ1) is 7.32. The van der Waals surface area contributed by atoms with Crippen LogP contribution in [0.5, 0.6) is 0 Å². The van der Waals surface area contributed by atoms with Gasteiger partial charge in [-0.25, -0.2) is 4.68 Å². The number of nitrogens with zero attached hydrogens (tertiary/aromatic N) is 3. The van der Waals surface area contributed by atoms with Crippen LogP contribution in [0.15, 0.2) is 0 Å². The van der Waals surface area contributed by atoms with Crippen molar-refractivity contribution < 1.29 is 0 Å². The lowest BCUT2D eigenvalue weighted by Crippen LogP contribution is -2.15. The first-order valence-electron chi connectivity index (χ1n) is 5.61.